The molecule has 0 radical (unpaired) electrons. The smallest absolute Gasteiger partial charge is 0.203 e. The Balaban J connectivity index is 7.33. The molecule has 0 heterocycles. The summed E-state index contributed by atoms with van der Waals surface area (Å²) in [7, 11) is 0. The molecule has 0 fully saturated rings. The molecule has 25 nitrogen and oxygen atoms in total. The van der Waals surface area contributed by atoms with E-state index in [0.717, 1.165) is 51.4 Å². The van der Waals surface area contributed by atoms with E-state index in [1.54, 1.807) is 0 Å². The van der Waals surface area contributed by atoms with Crippen molar-refractivity contribution in [3.05, 3.63) is 22.3 Å². The highest BCUT2D eigenvalue weighted by Gasteiger charge is 2.61. The Bertz CT molecular complexity index is 1880. The van der Waals surface area contributed by atoms with Gasteiger partial charge in [0.25, 0.3) is 0 Å². The van der Waals surface area contributed by atoms with Crippen LogP contribution in [0.25, 0.3) is 0 Å². The Hall–Kier alpha value is -3.84. The lowest BCUT2D eigenvalue weighted by atomic mass is 9.77. The molecular formula is C60H102O25. The molecule has 0 amide bonds. The number of ketones is 8. The van der Waals surface area contributed by atoms with Gasteiger partial charge in [-0.25, -0.2) is 0 Å². The topological polar surface area (TPSA) is 469 Å². The van der Waals surface area contributed by atoms with Gasteiger partial charge >= 0.3 is 0 Å². The molecule has 85 heavy (non-hydrogen) atoms. The Morgan fingerprint density at radius 3 is 0.635 bits per heavy atom. The summed E-state index contributed by atoms with van der Waals surface area (Å²) in [4.78, 5) is 111. The molecule has 0 saturated heterocycles. The number of aliphatic hydroxyl groups is 16. The molecule has 0 aliphatic carbocycles. The van der Waals surface area contributed by atoms with Crippen LogP contribution in [0.3, 0.4) is 0 Å². The molecule has 0 aromatic heterocycles. The standard InChI is InChI=1S/C60H102O25/c1-3-5-7-9-13-19-25-39(51(77)43(69)31-61)41(53(79)45(71)33-63)27-21-15-11-17-23-29-59(55(81)47(73)35-65,56(82)48(74)36-66)85-60(57(83)49(75)37-67,58(84)50(76)38-68)30-24-18-12-16-22-28-42(54(80)46(72)34-64)40(52(78)44(70)32-62)26-20-14-10-8-6-4-2/h43-50,61-76H,3-38H2,1-2H3/b41-39-,42-40-. The maximum absolute atomic E-state index is 14.4. The van der Waals surface area contributed by atoms with Gasteiger partial charge in [-0.1, -0.05) is 117 Å². The maximum atomic E-state index is 14.4. The lowest BCUT2D eigenvalue weighted by Crippen LogP contribution is -2.67. The van der Waals surface area contributed by atoms with Crippen molar-refractivity contribution in [2.24, 2.45) is 0 Å². The largest absolute Gasteiger partial charge is 0.393 e. The number of Topliss-reactive ketones (excluding diaryl/α,β-unsaturated/α-hetero) is 8. The first-order chi connectivity index (χ1) is 40.4. The van der Waals surface area contributed by atoms with Crippen LogP contribution in [-0.2, 0) is 43.1 Å². The zero-order valence-corrected chi connectivity index (χ0v) is 49.9. The van der Waals surface area contributed by atoms with Crippen LogP contribution in [0.4, 0.5) is 0 Å². The molecule has 25 heteroatoms. The molecule has 0 spiro atoms. The van der Waals surface area contributed by atoms with Gasteiger partial charge in [0.05, 0.1) is 52.9 Å². The minimum Gasteiger partial charge on any atom is -0.393 e. The van der Waals surface area contributed by atoms with Gasteiger partial charge in [-0.05, 0) is 77.0 Å². The SMILES string of the molecule is CCCCCCCC/C(C(=O)C(O)CO)=C(\CCCCCCCC(OC(CCCCCCC/C(C(=O)C(O)CO)=C(\CCCCCCCC)C(=O)C(O)CO)(C(=O)C(O)CO)C(=O)C(O)CO)(C(=O)C(O)CO)C(=O)C(O)CO)C(=O)C(O)CO. The van der Waals surface area contributed by atoms with Gasteiger partial charge < -0.3 is 86.4 Å². The van der Waals surface area contributed by atoms with Crippen molar-refractivity contribution in [1.29, 1.82) is 0 Å². The molecule has 0 aliphatic heterocycles. The van der Waals surface area contributed by atoms with Crippen molar-refractivity contribution in [2.75, 3.05) is 52.9 Å². The van der Waals surface area contributed by atoms with Gasteiger partial charge in [-0.15, -0.1) is 0 Å². The van der Waals surface area contributed by atoms with E-state index in [1.807, 2.05) is 13.8 Å². The molecule has 0 saturated carbocycles. The lowest BCUT2D eigenvalue weighted by Gasteiger charge is -2.43. The monoisotopic (exact) mass is 1220 g/mol. The minimum atomic E-state index is -3.40. The van der Waals surface area contributed by atoms with Crippen molar-refractivity contribution >= 4 is 46.3 Å². The summed E-state index contributed by atoms with van der Waals surface area (Å²) >= 11 is 0. The molecule has 8 atom stereocenters. The number of unbranched alkanes of at least 4 members (excludes halogenated alkanes) is 18. The number of carbonyl (C=O) groups excluding carboxylic acids is 8. The second-order valence-corrected chi connectivity index (χ2v) is 21.7. The molecule has 16 N–H and O–H groups in total. The van der Waals surface area contributed by atoms with E-state index < -0.39 is 172 Å². The van der Waals surface area contributed by atoms with Crippen molar-refractivity contribution in [1.82, 2.24) is 0 Å². The Kier molecular flexibility index (Phi) is 43.4. The van der Waals surface area contributed by atoms with Crippen LogP contribution in [0, 0.1) is 0 Å². The van der Waals surface area contributed by atoms with Crippen molar-refractivity contribution in [2.45, 2.75) is 254 Å². The summed E-state index contributed by atoms with van der Waals surface area (Å²) in [5, 5.41) is 164. The zero-order valence-electron chi connectivity index (χ0n) is 49.9. The number of hydrogen-bond donors (Lipinski definition) is 16. The summed E-state index contributed by atoms with van der Waals surface area (Å²) in [5.41, 5.74) is -7.40. The second-order valence-electron chi connectivity index (χ2n) is 21.7. The number of carbonyl (C=O) groups is 8. The minimum absolute atomic E-state index is 0.00732. The second kappa shape index (κ2) is 45.4. The molecule has 0 rings (SSSR count). The first kappa shape index (κ1) is 81.2. The summed E-state index contributed by atoms with van der Waals surface area (Å²) in [6.07, 6.45) is -10.4. The zero-order chi connectivity index (χ0) is 64.7. The third-order valence-electron chi connectivity index (χ3n) is 15.1. The highest BCUT2D eigenvalue weighted by atomic mass is 16.6. The molecule has 0 bridgehead atoms. The first-order valence-electron chi connectivity index (χ1n) is 30.2. The predicted molar refractivity (Wildman–Crippen MR) is 306 cm³/mol. The fourth-order valence-corrected chi connectivity index (χ4v) is 10.1. The number of hydrogen-bond acceptors (Lipinski definition) is 25. The predicted octanol–water partition coefficient (Wildman–Crippen LogP) is -0.585. The summed E-state index contributed by atoms with van der Waals surface area (Å²) in [6, 6.07) is 0. The third kappa shape index (κ3) is 26.4. The van der Waals surface area contributed by atoms with Crippen LogP contribution >= 0.6 is 0 Å². The van der Waals surface area contributed by atoms with E-state index in [2.05, 4.69) is 0 Å². The normalized spacial score (nSPS) is 16.8. The van der Waals surface area contributed by atoms with E-state index in [-0.39, 0.29) is 112 Å². The van der Waals surface area contributed by atoms with E-state index in [9.17, 15) is 120 Å². The van der Waals surface area contributed by atoms with Crippen LogP contribution in [0.2, 0.25) is 0 Å². The Morgan fingerprint density at radius 1 is 0.271 bits per heavy atom. The highest BCUT2D eigenvalue weighted by Crippen LogP contribution is 2.38. The van der Waals surface area contributed by atoms with Crippen LogP contribution in [-0.4, -0.2) is 241 Å². The van der Waals surface area contributed by atoms with Gasteiger partial charge in [0.2, 0.25) is 23.1 Å². The molecule has 8 unspecified atom stereocenters. The molecule has 0 aromatic carbocycles. The summed E-state index contributed by atoms with van der Waals surface area (Å²) in [5.74, 6) is -10.9. The van der Waals surface area contributed by atoms with Crippen LogP contribution in [0.1, 0.15) is 194 Å². The lowest BCUT2D eigenvalue weighted by molar-refractivity contribution is -0.205. The average molecular weight is 1220 g/mol. The maximum Gasteiger partial charge on any atom is 0.203 e. The number of rotatable bonds is 56. The molecule has 0 aliphatic rings. The Labute approximate surface area is 498 Å². The van der Waals surface area contributed by atoms with E-state index >= 15 is 0 Å². The molecular weight excluding hydrogens is 1120 g/mol. The number of ether oxygens (including phenoxy) is 1. The third-order valence-corrected chi connectivity index (χ3v) is 15.1. The van der Waals surface area contributed by atoms with E-state index in [4.69, 9.17) is 4.74 Å². The van der Waals surface area contributed by atoms with Gasteiger partial charge in [-0.2, -0.15) is 0 Å². The fraction of sp³-hybridized carbons (Fsp3) is 0.800. The van der Waals surface area contributed by atoms with Gasteiger partial charge in [0.1, 0.15) is 48.8 Å². The van der Waals surface area contributed by atoms with E-state index in [1.165, 1.54) is 0 Å². The van der Waals surface area contributed by atoms with Crippen LogP contribution in [0.15, 0.2) is 22.3 Å². The first-order valence-corrected chi connectivity index (χ1v) is 30.2. The van der Waals surface area contributed by atoms with Gasteiger partial charge in [-0.3, -0.25) is 38.4 Å². The fourth-order valence-electron chi connectivity index (χ4n) is 10.1. The summed E-state index contributed by atoms with van der Waals surface area (Å²) in [6.45, 7) is -5.53. The van der Waals surface area contributed by atoms with Crippen molar-refractivity contribution in [3.63, 3.8) is 0 Å². The van der Waals surface area contributed by atoms with Crippen LogP contribution < -0.4 is 0 Å². The quantitative estimate of drug-likeness (QED) is 0.0206. The molecule has 0 aromatic rings. The summed E-state index contributed by atoms with van der Waals surface area (Å²) < 4.78 is 6.08. The van der Waals surface area contributed by atoms with Crippen LogP contribution in [0.5, 0.6) is 0 Å². The average Bonchev–Trinajstić information content (AvgIpc) is 1.00. The molecule has 492 valence electrons. The van der Waals surface area contributed by atoms with Crippen molar-refractivity contribution in [3.8, 4) is 0 Å². The van der Waals surface area contributed by atoms with Crippen molar-refractivity contribution < 1.29 is 125 Å². The highest BCUT2D eigenvalue weighted by molar-refractivity contribution is 6.17. The Morgan fingerprint density at radius 2 is 0.447 bits per heavy atom. The van der Waals surface area contributed by atoms with Gasteiger partial charge in [0, 0.05) is 22.3 Å². The van der Waals surface area contributed by atoms with E-state index in [0.29, 0.717) is 25.7 Å². The number of aliphatic hydroxyl groups excluding tert-OH is 16. The van der Waals surface area contributed by atoms with Gasteiger partial charge in [0.15, 0.2) is 34.3 Å².